The lowest BCUT2D eigenvalue weighted by molar-refractivity contribution is -0.150. The largest absolute Gasteiger partial charge is 0.478 e. The van der Waals surface area contributed by atoms with Crippen LogP contribution >= 0.6 is 34.7 Å². The minimum absolute atomic E-state index is 0.0563. The second-order valence-electron chi connectivity index (χ2n) is 5.93. The summed E-state index contributed by atoms with van der Waals surface area (Å²) in [6.07, 6.45) is 3.41. The topological polar surface area (TPSA) is 185 Å². The van der Waals surface area contributed by atoms with Gasteiger partial charge in [-0.15, -0.1) is 11.8 Å². The predicted molar refractivity (Wildman–Crippen MR) is 112 cm³/mol. The lowest BCUT2D eigenvalue weighted by Crippen LogP contribution is -2.70. The van der Waals surface area contributed by atoms with Gasteiger partial charge in [0.05, 0.1) is 0 Å². The number of aromatic nitrogens is 1. The second kappa shape index (κ2) is 9.36. The first-order valence-corrected chi connectivity index (χ1v) is 10.7. The van der Waals surface area contributed by atoms with Crippen LogP contribution in [0.1, 0.15) is 5.69 Å². The molecule has 2 unspecified atom stereocenters. The summed E-state index contributed by atoms with van der Waals surface area (Å²) >= 11 is 8.24. The molecule has 2 aliphatic rings. The normalized spacial score (nSPS) is 20.7. The van der Waals surface area contributed by atoms with Crippen molar-refractivity contribution in [3.63, 3.8) is 0 Å². The Labute approximate surface area is 187 Å². The zero-order valence-corrected chi connectivity index (χ0v) is 17.7. The molecule has 5 N–H and O–H groups in total. The van der Waals surface area contributed by atoms with E-state index in [1.807, 2.05) is 0 Å². The van der Waals surface area contributed by atoms with Gasteiger partial charge in [-0.05, 0) is 12.2 Å². The first-order chi connectivity index (χ1) is 14.7. The van der Waals surface area contributed by atoms with Crippen LogP contribution in [0, 0.1) is 0 Å². The standard InChI is InChI=1S/C16H14ClN5O7S2/c17-11-8(20-16(18)31-11)9(21-29-4-1-2-7(23)24)12(25)19-10-13(26)22-6(15(27)28)3-5-30-14(10)22/h1-3,10,14H,4-5H2,(H2,18,20)(H,19,25)(H,23,24)(H,27,28)/b2-1+,21-9+. The molecule has 1 aromatic heterocycles. The summed E-state index contributed by atoms with van der Waals surface area (Å²) in [5, 5.41) is 23.4. The number of rotatable bonds is 8. The Hall–Kier alpha value is -3.10. The highest BCUT2D eigenvalue weighted by atomic mass is 35.5. The number of thiazole rings is 1. The third-order valence-electron chi connectivity index (χ3n) is 3.98. The molecule has 2 amide bonds. The Morgan fingerprint density at radius 2 is 2.19 bits per heavy atom. The van der Waals surface area contributed by atoms with Crippen LogP contribution in [0.2, 0.25) is 4.34 Å². The number of hydrogen-bond acceptors (Lipinski definition) is 10. The van der Waals surface area contributed by atoms with Gasteiger partial charge in [0.1, 0.15) is 33.7 Å². The van der Waals surface area contributed by atoms with Crippen LogP contribution in [0.3, 0.4) is 0 Å². The molecule has 12 nitrogen and oxygen atoms in total. The van der Waals surface area contributed by atoms with Crippen molar-refractivity contribution in [2.75, 3.05) is 18.1 Å². The number of hydrogen-bond donors (Lipinski definition) is 4. The predicted octanol–water partition coefficient (Wildman–Crippen LogP) is 0.109. The number of thioether (sulfide) groups is 1. The highest BCUT2D eigenvalue weighted by molar-refractivity contribution is 8.00. The van der Waals surface area contributed by atoms with E-state index in [2.05, 4.69) is 15.5 Å². The van der Waals surface area contributed by atoms with Crippen LogP contribution in [-0.2, 0) is 24.0 Å². The number of carboxylic acid groups (broad SMARTS) is 2. The Bertz CT molecular complexity index is 1040. The number of fused-ring (bicyclic) bond motifs is 1. The summed E-state index contributed by atoms with van der Waals surface area (Å²) in [5.41, 5.74) is 5.02. The summed E-state index contributed by atoms with van der Waals surface area (Å²) in [6.45, 7) is -0.262. The van der Waals surface area contributed by atoms with Gasteiger partial charge in [0, 0.05) is 11.8 Å². The smallest absolute Gasteiger partial charge is 0.352 e. The van der Waals surface area contributed by atoms with Gasteiger partial charge in [-0.25, -0.2) is 14.6 Å². The lowest BCUT2D eigenvalue weighted by atomic mass is 10.0. The quantitative estimate of drug-likeness (QED) is 0.129. The highest BCUT2D eigenvalue weighted by Crippen LogP contribution is 2.37. The number of nitrogens with zero attached hydrogens (tertiary/aromatic N) is 3. The van der Waals surface area contributed by atoms with Crippen molar-refractivity contribution in [3.05, 3.63) is 34.0 Å². The molecule has 0 radical (unpaired) electrons. The van der Waals surface area contributed by atoms with Crippen molar-refractivity contribution in [2.24, 2.45) is 5.16 Å². The van der Waals surface area contributed by atoms with E-state index in [4.69, 9.17) is 27.3 Å². The molecule has 0 saturated carbocycles. The summed E-state index contributed by atoms with van der Waals surface area (Å²) in [6, 6.07) is -0.993. The number of β-lactam (4-membered cyclic amide) rings is 1. The molecular formula is C16H14ClN5O7S2. The van der Waals surface area contributed by atoms with E-state index in [0.29, 0.717) is 5.75 Å². The second-order valence-corrected chi connectivity index (χ2v) is 8.71. The van der Waals surface area contributed by atoms with Crippen molar-refractivity contribution >= 4 is 69.3 Å². The molecule has 31 heavy (non-hydrogen) atoms. The molecule has 0 spiro atoms. The third kappa shape index (κ3) is 4.81. The average Bonchev–Trinajstić information content (AvgIpc) is 3.05. The number of nitrogen functional groups attached to an aromatic ring is 1. The Kier molecular flexibility index (Phi) is 6.82. The summed E-state index contributed by atoms with van der Waals surface area (Å²) in [7, 11) is 0. The van der Waals surface area contributed by atoms with Crippen molar-refractivity contribution in [1.29, 1.82) is 0 Å². The fourth-order valence-electron chi connectivity index (χ4n) is 2.70. The molecule has 1 fully saturated rings. The van der Waals surface area contributed by atoms with Gasteiger partial charge in [0.2, 0.25) is 0 Å². The average molecular weight is 488 g/mol. The molecule has 2 aliphatic heterocycles. The zero-order chi connectivity index (χ0) is 22.7. The van der Waals surface area contributed by atoms with E-state index >= 15 is 0 Å². The van der Waals surface area contributed by atoms with Crippen LogP contribution in [0.25, 0.3) is 0 Å². The van der Waals surface area contributed by atoms with Crippen LogP contribution < -0.4 is 11.1 Å². The Morgan fingerprint density at radius 3 is 2.81 bits per heavy atom. The van der Waals surface area contributed by atoms with Gasteiger partial charge < -0.3 is 26.1 Å². The summed E-state index contributed by atoms with van der Waals surface area (Å²) in [5.74, 6) is -3.50. The number of carbonyl (C=O) groups excluding carboxylic acids is 2. The van der Waals surface area contributed by atoms with E-state index in [9.17, 15) is 24.3 Å². The maximum atomic E-state index is 12.8. The molecule has 164 valence electrons. The van der Waals surface area contributed by atoms with Gasteiger partial charge in [0.25, 0.3) is 11.8 Å². The van der Waals surface area contributed by atoms with E-state index in [1.165, 1.54) is 17.8 Å². The van der Waals surface area contributed by atoms with Gasteiger partial charge in [-0.2, -0.15) is 0 Å². The molecule has 3 rings (SSSR count). The van der Waals surface area contributed by atoms with Crippen LogP contribution in [-0.4, -0.2) is 73.3 Å². The van der Waals surface area contributed by atoms with Crippen molar-refractivity contribution in [2.45, 2.75) is 11.4 Å². The molecule has 0 aliphatic carbocycles. The Balaban J connectivity index is 1.77. The van der Waals surface area contributed by atoms with E-state index < -0.39 is 35.2 Å². The molecule has 1 saturated heterocycles. The Morgan fingerprint density at radius 1 is 1.45 bits per heavy atom. The van der Waals surface area contributed by atoms with Crippen molar-refractivity contribution in [3.8, 4) is 0 Å². The minimum atomic E-state index is -1.24. The first-order valence-electron chi connectivity index (χ1n) is 8.41. The molecule has 0 aromatic carbocycles. The van der Waals surface area contributed by atoms with Crippen molar-refractivity contribution < 1.29 is 34.2 Å². The third-order valence-corrected chi connectivity index (χ3v) is 6.25. The van der Waals surface area contributed by atoms with Crippen LogP contribution in [0.4, 0.5) is 5.13 Å². The molecule has 3 heterocycles. The number of nitrogens with two attached hydrogens (primary N) is 1. The molecule has 15 heteroatoms. The van der Waals surface area contributed by atoms with Gasteiger partial charge >= 0.3 is 11.9 Å². The molecule has 1 aromatic rings. The van der Waals surface area contributed by atoms with Crippen LogP contribution in [0.15, 0.2) is 29.1 Å². The number of halogens is 1. The first kappa shape index (κ1) is 22.6. The summed E-state index contributed by atoms with van der Waals surface area (Å²) < 4.78 is 0.0563. The number of carboxylic acids is 2. The molecule has 0 bridgehead atoms. The maximum Gasteiger partial charge on any atom is 0.352 e. The van der Waals surface area contributed by atoms with Crippen molar-refractivity contribution in [1.82, 2.24) is 15.2 Å². The zero-order valence-electron chi connectivity index (χ0n) is 15.4. The number of nitrogens with one attached hydrogen (secondary N) is 1. The number of aliphatic carboxylic acids is 2. The van der Waals surface area contributed by atoms with Gasteiger partial charge in [0.15, 0.2) is 10.8 Å². The monoisotopic (exact) mass is 487 g/mol. The number of amides is 2. The molecular weight excluding hydrogens is 474 g/mol. The van der Waals surface area contributed by atoms with Gasteiger partial charge in [-0.3, -0.25) is 14.5 Å². The number of anilines is 1. The number of oxime groups is 1. The van der Waals surface area contributed by atoms with E-state index in [-0.39, 0.29) is 33.2 Å². The highest BCUT2D eigenvalue weighted by Gasteiger charge is 2.53. The van der Waals surface area contributed by atoms with Gasteiger partial charge in [-0.1, -0.05) is 28.1 Å². The fraction of sp³-hybridized carbons (Fsp3) is 0.250. The molecule has 2 atom stereocenters. The SMILES string of the molecule is Nc1nc(/C(=N\OC/C=C/C(=O)O)C(=O)NC2C(=O)N3C(C(=O)O)=CCSC23)c(Cl)s1. The lowest BCUT2D eigenvalue weighted by Gasteiger charge is -2.48. The number of carbonyl (C=O) groups is 4. The minimum Gasteiger partial charge on any atom is -0.478 e. The summed E-state index contributed by atoms with van der Waals surface area (Å²) in [4.78, 5) is 57.0. The van der Waals surface area contributed by atoms with E-state index in [0.717, 1.165) is 28.4 Å². The maximum absolute atomic E-state index is 12.8. The fourth-order valence-corrected chi connectivity index (χ4v) is 4.82. The van der Waals surface area contributed by atoms with E-state index in [1.54, 1.807) is 0 Å². The van der Waals surface area contributed by atoms with Crippen LogP contribution in [0.5, 0.6) is 0 Å².